The number of rotatable bonds is 2. The van der Waals surface area contributed by atoms with Crippen LogP contribution < -0.4 is 0 Å². The molecule has 0 aliphatic carbocycles. The summed E-state index contributed by atoms with van der Waals surface area (Å²) in [6, 6.07) is 1.47. The summed E-state index contributed by atoms with van der Waals surface area (Å²) in [6.45, 7) is 21.4. The molecule has 0 bridgehead atoms. The fraction of sp³-hybridized carbons (Fsp3) is 1.00. The lowest BCUT2D eigenvalue weighted by Crippen LogP contribution is -2.47. The first-order valence-corrected chi connectivity index (χ1v) is 8.97. The molecule has 3 heteroatoms. The van der Waals surface area contributed by atoms with Crippen molar-refractivity contribution in [2.45, 2.75) is 60.0 Å². The molecule has 2 unspecified atom stereocenters. The van der Waals surface area contributed by atoms with Gasteiger partial charge in [-0.25, -0.2) is 0 Å². The molecular formula is C18H39N3. The van der Waals surface area contributed by atoms with Crippen LogP contribution in [0.3, 0.4) is 0 Å². The van der Waals surface area contributed by atoms with E-state index < -0.39 is 0 Å². The Morgan fingerprint density at radius 2 is 1.24 bits per heavy atom. The molecule has 0 aromatic carbocycles. The minimum Gasteiger partial charge on any atom is -0.304 e. The first-order valence-electron chi connectivity index (χ1n) is 8.97. The van der Waals surface area contributed by atoms with Crippen LogP contribution in [0.25, 0.3) is 0 Å². The molecule has 0 radical (unpaired) electrons. The van der Waals surface area contributed by atoms with Gasteiger partial charge in [0.2, 0.25) is 0 Å². The highest BCUT2D eigenvalue weighted by Crippen LogP contribution is 2.23. The van der Waals surface area contributed by atoms with E-state index in [4.69, 9.17) is 0 Å². The zero-order chi connectivity index (χ0) is 16.0. The third-order valence-electron chi connectivity index (χ3n) is 5.36. The van der Waals surface area contributed by atoms with Crippen LogP contribution in [-0.2, 0) is 0 Å². The van der Waals surface area contributed by atoms with Gasteiger partial charge >= 0.3 is 0 Å². The fourth-order valence-corrected chi connectivity index (χ4v) is 3.10. The normalized spacial score (nSPS) is 29.6. The van der Waals surface area contributed by atoms with Crippen LogP contribution in [0.4, 0.5) is 0 Å². The van der Waals surface area contributed by atoms with Crippen molar-refractivity contribution in [1.29, 1.82) is 0 Å². The van der Waals surface area contributed by atoms with Crippen molar-refractivity contribution >= 4 is 0 Å². The Kier molecular flexibility index (Phi) is 8.22. The molecule has 0 aromatic heterocycles. The second-order valence-corrected chi connectivity index (χ2v) is 7.76. The Bertz CT molecular complexity index is 270. The lowest BCUT2D eigenvalue weighted by molar-refractivity contribution is 0.110. The molecule has 2 aliphatic heterocycles. The molecule has 126 valence electrons. The van der Waals surface area contributed by atoms with Gasteiger partial charge in [-0.15, -0.1) is 0 Å². The molecule has 0 saturated carbocycles. The number of hydrogen-bond acceptors (Lipinski definition) is 3. The van der Waals surface area contributed by atoms with Crippen molar-refractivity contribution in [3.8, 4) is 0 Å². The van der Waals surface area contributed by atoms with Crippen LogP contribution in [0.2, 0.25) is 0 Å². The minimum absolute atomic E-state index is 0.730. The van der Waals surface area contributed by atoms with Gasteiger partial charge in [0.1, 0.15) is 0 Å². The predicted molar refractivity (Wildman–Crippen MR) is 93.9 cm³/mol. The van der Waals surface area contributed by atoms with Gasteiger partial charge in [-0.2, -0.15) is 0 Å². The van der Waals surface area contributed by atoms with Crippen molar-refractivity contribution in [3.05, 3.63) is 0 Å². The molecular weight excluding hydrogens is 258 g/mol. The van der Waals surface area contributed by atoms with Crippen molar-refractivity contribution in [2.24, 2.45) is 11.8 Å². The highest BCUT2D eigenvalue weighted by Gasteiger charge is 2.23. The van der Waals surface area contributed by atoms with Crippen molar-refractivity contribution < 1.29 is 0 Å². The Hall–Kier alpha value is -0.120. The Labute approximate surface area is 133 Å². The van der Waals surface area contributed by atoms with E-state index in [0.29, 0.717) is 0 Å². The van der Waals surface area contributed by atoms with E-state index in [1.807, 2.05) is 0 Å². The zero-order valence-electron chi connectivity index (χ0n) is 15.6. The summed E-state index contributed by atoms with van der Waals surface area (Å²) in [5, 5.41) is 0. The summed E-state index contributed by atoms with van der Waals surface area (Å²) in [5.41, 5.74) is 0. The lowest BCUT2D eigenvalue weighted by Gasteiger charge is -2.37. The standard InChI is InChI=1S/C10H21N.C8H18N2/c1-8(2)11-6-5-9(3)10(4)7-11;1-8(2)10-6-4-9(3)5-7-10/h8-10H,5-7H2,1-4H3;8H,4-7H2,1-3H3. The van der Waals surface area contributed by atoms with Gasteiger partial charge in [0.25, 0.3) is 0 Å². The smallest absolute Gasteiger partial charge is 0.0112 e. The molecule has 2 heterocycles. The Morgan fingerprint density at radius 3 is 1.67 bits per heavy atom. The monoisotopic (exact) mass is 297 g/mol. The summed E-state index contributed by atoms with van der Waals surface area (Å²) < 4.78 is 0. The molecule has 2 fully saturated rings. The van der Waals surface area contributed by atoms with E-state index in [0.717, 1.165) is 23.9 Å². The SMILES string of the molecule is CC(C)N1CCN(C)CC1.CC1CCN(C(C)C)CC1C. The Balaban J connectivity index is 0.000000211. The summed E-state index contributed by atoms with van der Waals surface area (Å²) in [6.07, 6.45) is 1.39. The second-order valence-electron chi connectivity index (χ2n) is 7.76. The van der Waals surface area contributed by atoms with Crippen LogP contribution in [0.5, 0.6) is 0 Å². The van der Waals surface area contributed by atoms with Gasteiger partial charge in [0.15, 0.2) is 0 Å². The zero-order valence-corrected chi connectivity index (χ0v) is 15.6. The van der Waals surface area contributed by atoms with Crippen LogP contribution in [0.1, 0.15) is 48.0 Å². The first-order chi connectivity index (χ1) is 9.81. The van der Waals surface area contributed by atoms with Gasteiger partial charge < -0.3 is 9.80 Å². The van der Waals surface area contributed by atoms with Crippen LogP contribution in [0, 0.1) is 11.8 Å². The van der Waals surface area contributed by atoms with Crippen molar-refractivity contribution in [1.82, 2.24) is 14.7 Å². The van der Waals surface area contributed by atoms with E-state index in [1.54, 1.807) is 0 Å². The number of piperazine rings is 1. The van der Waals surface area contributed by atoms with Crippen LogP contribution >= 0.6 is 0 Å². The third-order valence-corrected chi connectivity index (χ3v) is 5.36. The summed E-state index contributed by atoms with van der Waals surface area (Å²) in [7, 11) is 2.19. The second kappa shape index (κ2) is 9.12. The highest BCUT2D eigenvalue weighted by molar-refractivity contribution is 4.76. The van der Waals surface area contributed by atoms with Gasteiger partial charge in [0.05, 0.1) is 0 Å². The maximum absolute atomic E-state index is 2.59. The topological polar surface area (TPSA) is 9.72 Å². The van der Waals surface area contributed by atoms with E-state index in [2.05, 4.69) is 63.3 Å². The third kappa shape index (κ3) is 6.66. The van der Waals surface area contributed by atoms with Crippen LogP contribution in [-0.4, -0.2) is 73.1 Å². The van der Waals surface area contributed by atoms with Gasteiger partial charge in [-0.3, -0.25) is 4.90 Å². The quantitative estimate of drug-likeness (QED) is 0.776. The molecule has 2 saturated heterocycles. The number of likely N-dealkylation sites (tertiary alicyclic amines) is 1. The number of piperidine rings is 1. The fourth-order valence-electron chi connectivity index (χ4n) is 3.10. The molecule has 0 spiro atoms. The summed E-state index contributed by atoms with van der Waals surface area (Å²) in [4.78, 5) is 7.50. The number of nitrogens with zero attached hydrogens (tertiary/aromatic N) is 3. The number of hydrogen-bond donors (Lipinski definition) is 0. The molecule has 3 nitrogen and oxygen atoms in total. The van der Waals surface area contributed by atoms with E-state index >= 15 is 0 Å². The largest absolute Gasteiger partial charge is 0.304 e. The highest BCUT2D eigenvalue weighted by atomic mass is 15.3. The van der Waals surface area contributed by atoms with Gasteiger partial charge in [-0.05, 0) is 59.5 Å². The summed E-state index contributed by atoms with van der Waals surface area (Å²) >= 11 is 0. The average Bonchev–Trinajstić information content (AvgIpc) is 2.43. The van der Waals surface area contributed by atoms with Crippen molar-refractivity contribution in [2.75, 3.05) is 46.3 Å². The van der Waals surface area contributed by atoms with E-state index in [9.17, 15) is 0 Å². The molecule has 0 N–H and O–H groups in total. The van der Waals surface area contributed by atoms with Gasteiger partial charge in [-0.1, -0.05) is 13.8 Å². The molecule has 0 amide bonds. The van der Waals surface area contributed by atoms with E-state index in [1.165, 1.54) is 45.7 Å². The molecule has 2 aliphatic rings. The first kappa shape index (κ1) is 18.9. The predicted octanol–water partition coefficient (Wildman–Crippen LogP) is 3.01. The molecule has 2 atom stereocenters. The lowest BCUT2D eigenvalue weighted by atomic mass is 9.88. The molecule has 21 heavy (non-hydrogen) atoms. The average molecular weight is 298 g/mol. The summed E-state index contributed by atoms with van der Waals surface area (Å²) in [5.74, 6) is 1.83. The molecule has 0 aromatic rings. The van der Waals surface area contributed by atoms with Gasteiger partial charge in [0, 0.05) is 44.8 Å². The van der Waals surface area contributed by atoms with Crippen molar-refractivity contribution in [3.63, 3.8) is 0 Å². The maximum Gasteiger partial charge on any atom is 0.0112 e. The molecule has 2 rings (SSSR count). The number of likely N-dealkylation sites (N-methyl/N-ethyl adjacent to an activating group) is 1. The van der Waals surface area contributed by atoms with E-state index in [-0.39, 0.29) is 0 Å². The minimum atomic E-state index is 0.730. The Morgan fingerprint density at radius 1 is 0.714 bits per heavy atom. The van der Waals surface area contributed by atoms with Crippen LogP contribution in [0.15, 0.2) is 0 Å². The maximum atomic E-state index is 2.59.